The van der Waals surface area contributed by atoms with Gasteiger partial charge in [0.05, 0.1) is 12.2 Å². The molecule has 1 aliphatic heterocycles. The quantitative estimate of drug-likeness (QED) is 0.620. The molecule has 1 amide bonds. The number of nitrogens with zero attached hydrogens (tertiary/aromatic N) is 1. The Morgan fingerprint density at radius 2 is 2.35 bits per heavy atom. The summed E-state index contributed by atoms with van der Waals surface area (Å²) in [6.45, 7) is 2.39. The molecule has 3 nitrogen and oxygen atoms in total. The van der Waals surface area contributed by atoms with Gasteiger partial charge in [-0.2, -0.15) is 0 Å². The molecule has 1 aliphatic rings. The first-order chi connectivity index (χ1) is 8.15. The molecule has 0 spiro atoms. The van der Waals surface area contributed by atoms with Crippen molar-refractivity contribution < 1.29 is 13.9 Å². The summed E-state index contributed by atoms with van der Waals surface area (Å²) in [5.74, 6) is -0.268. The van der Waals surface area contributed by atoms with Gasteiger partial charge in [0, 0.05) is 4.43 Å². The van der Waals surface area contributed by atoms with Crippen LogP contribution in [0, 0.1) is 5.82 Å². The van der Waals surface area contributed by atoms with Crippen molar-refractivity contribution in [2.24, 2.45) is 0 Å². The first kappa shape index (κ1) is 12.6. The van der Waals surface area contributed by atoms with Crippen molar-refractivity contribution in [3.63, 3.8) is 0 Å². The zero-order valence-electron chi connectivity index (χ0n) is 9.45. The van der Waals surface area contributed by atoms with Crippen molar-refractivity contribution in [3.8, 4) is 0 Å². The summed E-state index contributed by atoms with van der Waals surface area (Å²) < 4.78 is 19.5. The number of ether oxygens (including phenoxy) is 1. The molecule has 1 aromatic rings. The van der Waals surface area contributed by atoms with Crippen LogP contribution in [0.25, 0.3) is 0 Å². The van der Waals surface area contributed by atoms with Crippen LogP contribution in [0.1, 0.15) is 12.5 Å². The van der Waals surface area contributed by atoms with E-state index in [1.807, 2.05) is 6.92 Å². The number of hydrogen-bond donors (Lipinski definition) is 0. The minimum Gasteiger partial charge on any atom is -0.443 e. The lowest BCUT2D eigenvalue weighted by Gasteiger charge is -2.13. The summed E-state index contributed by atoms with van der Waals surface area (Å²) in [4.78, 5) is 13.1. The van der Waals surface area contributed by atoms with Crippen LogP contribution in [0.3, 0.4) is 0 Å². The third-order valence-electron chi connectivity index (χ3n) is 2.78. The van der Waals surface area contributed by atoms with E-state index in [1.165, 1.54) is 11.0 Å². The van der Waals surface area contributed by atoms with Crippen molar-refractivity contribution >= 4 is 34.4 Å². The summed E-state index contributed by atoms with van der Waals surface area (Å²) in [5.41, 5.74) is 1.23. The predicted molar refractivity (Wildman–Crippen MR) is 72.3 cm³/mol. The van der Waals surface area contributed by atoms with Crippen LogP contribution < -0.4 is 4.90 Å². The number of carbonyl (C=O) groups excluding carboxylic acids is 1. The second-order valence-corrected chi connectivity index (χ2v) is 4.78. The maximum Gasteiger partial charge on any atom is 0.414 e. The largest absolute Gasteiger partial charge is 0.443 e. The Hall–Kier alpha value is -0.850. The summed E-state index contributed by atoms with van der Waals surface area (Å²) in [5, 5.41) is 0. The van der Waals surface area contributed by atoms with Gasteiger partial charge in [-0.1, -0.05) is 35.6 Å². The predicted octanol–water partition coefficient (Wildman–Crippen LogP) is 3.15. The molecule has 0 radical (unpaired) electrons. The van der Waals surface area contributed by atoms with Gasteiger partial charge in [0.2, 0.25) is 0 Å². The fourth-order valence-electron chi connectivity index (χ4n) is 1.80. The number of alkyl halides is 1. The number of carbonyl (C=O) groups is 1. The number of amides is 1. The van der Waals surface area contributed by atoms with E-state index >= 15 is 0 Å². The molecule has 0 bridgehead atoms. The minimum absolute atomic E-state index is 0.1000. The van der Waals surface area contributed by atoms with Crippen molar-refractivity contribution in [2.45, 2.75) is 19.4 Å². The number of cyclic esters (lactones) is 1. The number of aryl methyl sites for hydroxylation is 1. The molecule has 0 aromatic heterocycles. The fraction of sp³-hybridized carbons (Fsp3) is 0.417. The normalized spacial score (nSPS) is 19.6. The van der Waals surface area contributed by atoms with E-state index < -0.39 is 6.09 Å². The lowest BCUT2D eigenvalue weighted by molar-refractivity contribution is 0.153. The average Bonchev–Trinajstić information content (AvgIpc) is 2.70. The molecule has 1 unspecified atom stereocenters. The number of hydrogen-bond acceptors (Lipinski definition) is 2. The van der Waals surface area contributed by atoms with Gasteiger partial charge in [0.15, 0.2) is 0 Å². The standard InChI is InChI=1S/C12H13FINO2/c1-2-8-3-4-9(5-11(8)13)15-7-10(6-14)17-12(15)16/h3-5,10H,2,6-7H2,1H3. The van der Waals surface area contributed by atoms with Crippen molar-refractivity contribution in [1.82, 2.24) is 0 Å². The molecule has 0 N–H and O–H groups in total. The van der Waals surface area contributed by atoms with Gasteiger partial charge in [-0.25, -0.2) is 9.18 Å². The van der Waals surface area contributed by atoms with Gasteiger partial charge >= 0.3 is 6.09 Å². The Kier molecular flexibility index (Phi) is 3.86. The van der Waals surface area contributed by atoms with Gasteiger partial charge in [-0.15, -0.1) is 0 Å². The Balaban J connectivity index is 2.23. The van der Waals surface area contributed by atoms with E-state index in [-0.39, 0.29) is 11.9 Å². The van der Waals surface area contributed by atoms with Crippen LogP contribution in [0.2, 0.25) is 0 Å². The van der Waals surface area contributed by atoms with Crippen molar-refractivity contribution in [1.29, 1.82) is 0 Å². The SMILES string of the molecule is CCc1ccc(N2CC(CI)OC2=O)cc1F. The lowest BCUT2D eigenvalue weighted by atomic mass is 10.1. The van der Waals surface area contributed by atoms with Gasteiger partial charge in [0.1, 0.15) is 11.9 Å². The van der Waals surface area contributed by atoms with E-state index in [2.05, 4.69) is 22.6 Å². The molecule has 92 valence electrons. The van der Waals surface area contributed by atoms with Crippen molar-refractivity contribution in [2.75, 3.05) is 15.9 Å². The molecule has 0 aliphatic carbocycles. The zero-order valence-corrected chi connectivity index (χ0v) is 11.6. The van der Waals surface area contributed by atoms with E-state index in [4.69, 9.17) is 4.74 Å². The van der Waals surface area contributed by atoms with Crippen LogP contribution >= 0.6 is 22.6 Å². The Morgan fingerprint density at radius 1 is 1.59 bits per heavy atom. The molecule has 1 heterocycles. The zero-order chi connectivity index (χ0) is 12.4. The first-order valence-corrected chi connectivity index (χ1v) is 7.00. The Labute approximate surface area is 113 Å². The first-order valence-electron chi connectivity index (χ1n) is 5.48. The highest BCUT2D eigenvalue weighted by molar-refractivity contribution is 14.1. The highest BCUT2D eigenvalue weighted by atomic mass is 127. The smallest absolute Gasteiger partial charge is 0.414 e. The fourth-order valence-corrected chi connectivity index (χ4v) is 2.26. The minimum atomic E-state index is -0.393. The molecule has 0 saturated carbocycles. The van der Waals surface area contributed by atoms with Gasteiger partial charge in [0.25, 0.3) is 0 Å². The molecule has 1 fully saturated rings. The molecule has 1 atom stereocenters. The van der Waals surface area contributed by atoms with E-state index in [9.17, 15) is 9.18 Å². The van der Waals surface area contributed by atoms with Crippen molar-refractivity contribution in [3.05, 3.63) is 29.6 Å². The van der Waals surface area contributed by atoms with Crippen LogP contribution in [0.5, 0.6) is 0 Å². The second-order valence-electron chi connectivity index (χ2n) is 3.90. The topological polar surface area (TPSA) is 29.5 Å². The van der Waals surface area contributed by atoms with Gasteiger partial charge in [-0.05, 0) is 24.1 Å². The third kappa shape index (κ3) is 2.53. The maximum absolute atomic E-state index is 13.6. The lowest BCUT2D eigenvalue weighted by Crippen LogP contribution is -2.24. The van der Waals surface area contributed by atoms with E-state index in [0.29, 0.717) is 24.2 Å². The molecule has 1 aromatic carbocycles. The van der Waals surface area contributed by atoms with Gasteiger partial charge < -0.3 is 4.74 Å². The summed E-state index contributed by atoms with van der Waals surface area (Å²) in [7, 11) is 0. The van der Waals surface area contributed by atoms with Crippen LogP contribution in [-0.4, -0.2) is 23.2 Å². The summed E-state index contributed by atoms with van der Waals surface area (Å²) in [6, 6.07) is 4.88. The summed E-state index contributed by atoms with van der Waals surface area (Å²) >= 11 is 2.17. The maximum atomic E-state index is 13.6. The van der Waals surface area contributed by atoms with Gasteiger partial charge in [-0.3, -0.25) is 4.90 Å². The Morgan fingerprint density at radius 3 is 2.88 bits per heavy atom. The highest BCUT2D eigenvalue weighted by Crippen LogP contribution is 2.24. The van der Waals surface area contributed by atoms with E-state index in [1.54, 1.807) is 12.1 Å². The van der Waals surface area contributed by atoms with Crippen LogP contribution in [-0.2, 0) is 11.2 Å². The average molecular weight is 349 g/mol. The second kappa shape index (κ2) is 5.20. The monoisotopic (exact) mass is 349 g/mol. The third-order valence-corrected chi connectivity index (χ3v) is 3.76. The number of benzene rings is 1. The summed E-state index contributed by atoms with van der Waals surface area (Å²) in [6.07, 6.45) is 0.153. The molecule has 17 heavy (non-hydrogen) atoms. The van der Waals surface area contributed by atoms with Crippen LogP contribution in [0.4, 0.5) is 14.9 Å². The number of anilines is 1. The highest BCUT2D eigenvalue weighted by Gasteiger charge is 2.31. The molecule has 5 heteroatoms. The van der Waals surface area contributed by atoms with E-state index in [0.717, 1.165) is 4.43 Å². The molecular formula is C12H13FINO2. The molecular weight excluding hydrogens is 336 g/mol. The molecule has 1 saturated heterocycles. The number of rotatable bonds is 3. The van der Waals surface area contributed by atoms with Crippen LogP contribution in [0.15, 0.2) is 18.2 Å². The number of halogens is 2. The Bertz CT molecular complexity index is 439. The molecule has 2 rings (SSSR count).